The lowest BCUT2D eigenvalue weighted by molar-refractivity contribution is -0.151. The Labute approximate surface area is 167 Å². The van der Waals surface area contributed by atoms with Crippen molar-refractivity contribution in [1.82, 2.24) is 4.90 Å². The fraction of sp³-hybridized carbons (Fsp3) is 0.529. The minimum Gasteiger partial charge on any atom is -0.466 e. The van der Waals surface area contributed by atoms with E-state index in [0.29, 0.717) is 38.2 Å². The van der Waals surface area contributed by atoms with Gasteiger partial charge >= 0.3 is 5.97 Å². The van der Waals surface area contributed by atoms with Crippen LogP contribution in [0.15, 0.2) is 24.3 Å². The molecule has 1 fully saturated rings. The maximum absolute atomic E-state index is 12.6. The molecule has 1 aliphatic rings. The molecule has 1 amide bonds. The van der Waals surface area contributed by atoms with Gasteiger partial charge in [-0.05, 0) is 66.6 Å². The number of rotatable bonds is 6. The second-order valence-electron chi connectivity index (χ2n) is 6.15. The third kappa shape index (κ3) is 5.57. The summed E-state index contributed by atoms with van der Waals surface area (Å²) in [4.78, 5) is 26.0. The van der Waals surface area contributed by atoms with Crippen LogP contribution >= 0.6 is 22.6 Å². The van der Waals surface area contributed by atoms with Gasteiger partial charge in [-0.1, -0.05) is 0 Å². The van der Waals surface area contributed by atoms with E-state index < -0.39 is 10.0 Å². The van der Waals surface area contributed by atoms with E-state index >= 15 is 0 Å². The highest BCUT2D eigenvalue weighted by atomic mass is 127. The fourth-order valence-electron chi connectivity index (χ4n) is 2.85. The molecule has 0 saturated carbocycles. The van der Waals surface area contributed by atoms with E-state index in [-0.39, 0.29) is 24.3 Å². The molecule has 7 nitrogen and oxygen atoms in total. The van der Waals surface area contributed by atoms with Crippen molar-refractivity contribution in [1.29, 1.82) is 0 Å². The van der Waals surface area contributed by atoms with Gasteiger partial charge in [-0.25, -0.2) is 8.42 Å². The molecule has 0 bridgehead atoms. The number of piperidine rings is 1. The number of ether oxygens (including phenoxy) is 1. The first-order chi connectivity index (χ1) is 12.2. The average molecular weight is 494 g/mol. The molecule has 1 saturated heterocycles. The Kier molecular flexibility index (Phi) is 7.27. The Bertz CT molecular complexity index is 743. The maximum atomic E-state index is 12.6. The van der Waals surface area contributed by atoms with Gasteiger partial charge < -0.3 is 9.64 Å². The largest absolute Gasteiger partial charge is 0.466 e. The van der Waals surface area contributed by atoms with E-state index in [0.717, 1.165) is 14.1 Å². The molecule has 26 heavy (non-hydrogen) atoms. The van der Waals surface area contributed by atoms with Crippen LogP contribution in [0.25, 0.3) is 0 Å². The van der Waals surface area contributed by atoms with Crippen LogP contribution in [-0.4, -0.2) is 57.7 Å². The molecule has 1 aliphatic heterocycles. The summed E-state index contributed by atoms with van der Waals surface area (Å²) in [6.45, 7) is 2.71. The number of amides is 1. The molecule has 0 N–H and O–H groups in total. The van der Waals surface area contributed by atoms with Crippen LogP contribution < -0.4 is 4.31 Å². The number of benzene rings is 1. The summed E-state index contributed by atoms with van der Waals surface area (Å²) in [5.74, 6) is -0.686. The number of esters is 1. The first-order valence-corrected chi connectivity index (χ1v) is 11.3. The van der Waals surface area contributed by atoms with Crippen molar-refractivity contribution in [3.05, 3.63) is 27.8 Å². The number of anilines is 1. The van der Waals surface area contributed by atoms with Gasteiger partial charge in [0.1, 0.15) is 6.54 Å². The summed E-state index contributed by atoms with van der Waals surface area (Å²) in [5, 5.41) is 0. The highest BCUT2D eigenvalue weighted by molar-refractivity contribution is 14.1. The summed E-state index contributed by atoms with van der Waals surface area (Å²) in [7, 11) is -3.59. The molecular weight excluding hydrogens is 471 g/mol. The van der Waals surface area contributed by atoms with Crippen LogP contribution in [-0.2, 0) is 24.3 Å². The van der Waals surface area contributed by atoms with E-state index in [2.05, 4.69) is 22.6 Å². The lowest BCUT2D eigenvalue weighted by Gasteiger charge is -2.32. The summed E-state index contributed by atoms with van der Waals surface area (Å²) in [6.07, 6.45) is 2.16. The van der Waals surface area contributed by atoms with Gasteiger partial charge in [-0.15, -0.1) is 0 Å². The van der Waals surface area contributed by atoms with Crippen molar-refractivity contribution >= 4 is 50.2 Å². The molecule has 0 radical (unpaired) electrons. The topological polar surface area (TPSA) is 84.0 Å². The summed E-state index contributed by atoms with van der Waals surface area (Å²) in [6, 6.07) is 6.96. The van der Waals surface area contributed by atoms with Gasteiger partial charge in [-0.2, -0.15) is 0 Å². The van der Waals surface area contributed by atoms with Crippen LogP contribution in [0.3, 0.4) is 0 Å². The van der Waals surface area contributed by atoms with E-state index in [9.17, 15) is 18.0 Å². The number of carbonyl (C=O) groups excluding carboxylic acids is 2. The Balaban J connectivity index is 2.02. The lowest BCUT2D eigenvalue weighted by Crippen LogP contribution is -2.46. The summed E-state index contributed by atoms with van der Waals surface area (Å²) >= 11 is 2.13. The van der Waals surface area contributed by atoms with Crippen molar-refractivity contribution in [2.45, 2.75) is 19.8 Å². The molecular formula is C17H23IN2O5S. The van der Waals surface area contributed by atoms with Crippen LogP contribution in [0.5, 0.6) is 0 Å². The normalized spacial score (nSPS) is 15.6. The zero-order chi connectivity index (χ0) is 19.3. The van der Waals surface area contributed by atoms with Crippen LogP contribution in [0.2, 0.25) is 0 Å². The minimum absolute atomic E-state index is 0.193. The third-order valence-electron chi connectivity index (χ3n) is 4.26. The van der Waals surface area contributed by atoms with Crippen molar-refractivity contribution in [3.8, 4) is 0 Å². The van der Waals surface area contributed by atoms with Crippen molar-refractivity contribution in [3.63, 3.8) is 0 Å². The lowest BCUT2D eigenvalue weighted by atomic mass is 9.97. The van der Waals surface area contributed by atoms with Crippen LogP contribution in [0.1, 0.15) is 19.8 Å². The second-order valence-corrected chi connectivity index (χ2v) is 9.31. The van der Waals surface area contributed by atoms with E-state index in [1.54, 1.807) is 36.1 Å². The SMILES string of the molecule is CCOC(=O)C1CCN(C(=O)CN(c2ccc(I)cc2)S(C)(=O)=O)CC1. The molecule has 0 aromatic heterocycles. The highest BCUT2D eigenvalue weighted by Crippen LogP contribution is 2.22. The molecule has 0 spiro atoms. The molecule has 2 rings (SSSR count). The molecule has 1 aromatic rings. The molecule has 1 heterocycles. The second kappa shape index (κ2) is 9.03. The Morgan fingerprint density at radius 2 is 1.81 bits per heavy atom. The predicted octanol–water partition coefficient (Wildman–Crippen LogP) is 1.86. The van der Waals surface area contributed by atoms with Gasteiger partial charge in [0.15, 0.2) is 0 Å². The number of nitrogens with zero attached hydrogens (tertiary/aromatic N) is 2. The quantitative estimate of drug-likeness (QED) is 0.446. The zero-order valence-electron chi connectivity index (χ0n) is 14.9. The number of sulfonamides is 1. The Morgan fingerprint density at radius 1 is 1.23 bits per heavy atom. The van der Waals surface area contributed by atoms with Gasteiger partial charge in [-0.3, -0.25) is 13.9 Å². The van der Waals surface area contributed by atoms with E-state index in [1.165, 1.54) is 0 Å². The Morgan fingerprint density at radius 3 is 2.31 bits per heavy atom. The summed E-state index contributed by atoms with van der Waals surface area (Å²) < 4.78 is 31.4. The predicted molar refractivity (Wildman–Crippen MR) is 107 cm³/mol. The molecule has 9 heteroatoms. The molecule has 1 aromatic carbocycles. The number of hydrogen-bond acceptors (Lipinski definition) is 5. The van der Waals surface area contributed by atoms with Crippen molar-refractivity contribution in [2.24, 2.45) is 5.92 Å². The van der Waals surface area contributed by atoms with E-state index in [1.807, 2.05) is 0 Å². The highest BCUT2D eigenvalue weighted by Gasteiger charge is 2.30. The molecule has 0 aliphatic carbocycles. The van der Waals surface area contributed by atoms with Crippen LogP contribution in [0, 0.1) is 9.49 Å². The first-order valence-electron chi connectivity index (χ1n) is 8.40. The van der Waals surface area contributed by atoms with Crippen molar-refractivity contribution < 1.29 is 22.7 Å². The Hall–Kier alpha value is -1.36. The minimum atomic E-state index is -3.59. The van der Waals surface area contributed by atoms with E-state index in [4.69, 9.17) is 4.74 Å². The first kappa shape index (κ1) is 20.9. The smallest absolute Gasteiger partial charge is 0.309 e. The number of likely N-dealkylation sites (tertiary alicyclic amines) is 1. The van der Waals surface area contributed by atoms with Crippen molar-refractivity contribution in [2.75, 3.05) is 36.8 Å². The van der Waals surface area contributed by atoms with Gasteiger partial charge in [0.05, 0.1) is 24.5 Å². The number of hydrogen-bond donors (Lipinski definition) is 0. The zero-order valence-corrected chi connectivity index (χ0v) is 17.8. The number of halogens is 1. The maximum Gasteiger partial charge on any atom is 0.309 e. The van der Waals surface area contributed by atoms with Gasteiger partial charge in [0.25, 0.3) is 0 Å². The standard InChI is InChI=1S/C17H23IN2O5S/c1-3-25-17(22)13-8-10-19(11-9-13)16(21)12-20(26(2,23)24)15-6-4-14(18)5-7-15/h4-7,13H,3,8-12H2,1-2H3. The molecule has 144 valence electrons. The monoisotopic (exact) mass is 494 g/mol. The van der Waals surface area contributed by atoms with Gasteiger partial charge in [0, 0.05) is 16.7 Å². The fourth-order valence-corrected chi connectivity index (χ4v) is 4.06. The average Bonchev–Trinajstić information content (AvgIpc) is 2.60. The van der Waals surface area contributed by atoms with Gasteiger partial charge in [0.2, 0.25) is 15.9 Å². The third-order valence-corrected chi connectivity index (χ3v) is 6.12. The van der Waals surface area contributed by atoms with Crippen LogP contribution in [0.4, 0.5) is 5.69 Å². The number of carbonyl (C=O) groups is 2. The summed E-state index contributed by atoms with van der Waals surface area (Å²) in [5.41, 5.74) is 0.461. The molecule has 0 atom stereocenters. The molecule has 0 unspecified atom stereocenters.